The van der Waals surface area contributed by atoms with Crippen molar-refractivity contribution in [1.29, 1.82) is 0 Å². The minimum atomic E-state index is -0.0836. The third-order valence-corrected chi connectivity index (χ3v) is 3.19. The molecule has 0 bridgehead atoms. The molecule has 0 aliphatic carbocycles. The zero-order valence-corrected chi connectivity index (χ0v) is 12.1. The zero-order chi connectivity index (χ0) is 13.5. The first-order valence-corrected chi connectivity index (χ1v) is 6.69. The Morgan fingerprint density at radius 2 is 2.22 bits per heavy atom. The van der Waals surface area contributed by atoms with Gasteiger partial charge in [-0.1, -0.05) is 25.2 Å². The molecule has 1 rings (SSSR count). The van der Waals surface area contributed by atoms with E-state index >= 15 is 0 Å². The van der Waals surface area contributed by atoms with Gasteiger partial charge >= 0.3 is 0 Å². The van der Waals surface area contributed by atoms with Crippen LogP contribution in [-0.2, 0) is 4.74 Å². The zero-order valence-electron chi connectivity index (χ0n) is 11.3. The Labute approximate surface area is 111 Å². The van der Waals surface area contributed by atoms with Crippen LogP contribution in [0.25, 0.3) is 0 Å². The fourth-order valence-electron chi connectivity index (χ4n) is 1.46. The van der Waals surface area contributed by atoms with Crippen LogP contribution in [-0.4, -0.2) is 54.9 Å². The molecule has 1 heterocycles. The third-order valence-electron chi connectivity index (χ3n) is 2.26. The summed E-state index contributed by atoms with van der Waals surface area (Å²) in [6.45, 7) is 5.94. The lowest BCUT2D eigenvalue weighted by Gasteiger charge is -2.22. The third kappa shape index (κ3) is 4.23. The van der Waals surface area contributed by atoms with Crippen LogP contribution in [0, 0.1) is 5.92 Å². The molecule has 1 aromatic rings. The van der Waals surface area contributed by atoms with Gasteiger partial charge in [-0.3, -0.25) is 4.79 Å². The van der Waals surface area contributed by atoms with Crippen LogP contribution >= 0.6 is 11.3 Å². The van der Waals surface area contributed by atoms with Crippen LogP contribution in [0.2, 0.25) is 0 Å². The van der Waals surface area contributed by atoms with Gasteiger partial charge in [-0.25, -0.2) is 0 Å². The molecule has 1 N–H and O–H groups in total. The molecular formula is C11H20N4O2S. The summed E-state index contributed by atoms with van der Waals surface area (Å²) in [5.74, 6) is 0.322. The number of methoxy groups -OCH3 is 1. The first kappa shape index (κ1) is 14.8. The Balaban J connectivity index is 2.73. The van der Waals surface area contributed by atoms with E-state index in [-0.39, 0.29) is 5.91 Å². The maximum absolute atomic E-state index is 12.3. The Morgan fingerprint density at radius 3 is 2.72 bits per heavy atom. The van der Waals surface area contributed by atoms with Gasteiger partial charge in [-0.15, -0.1) is 10.2 Å². The number of rotatable bonds is 7. The highest BCUT2D eigenvalue weighted by molar-refractivity contribution is 7.17. The first-order chi connectivity index (χ1) is 8.58. The highest BCUT2D eigenvalue weighted by atomic mass is 32.1. The van der Waals surface area contributed by atoms with Crippen molar-refractivity contribution in [1.82, 2.24) is 15.1 Å². The molecule has 0 saturated carbocycles. The summed E-state index contributed by atoms with van der Waals surface area (Å²) < 4.78 is 5.03. The second-order valence-corrected chi connectivity index (χ2v) is 5.28. The van der Waals surface area contributed by atoms with Gasteiger partial charge < -0.3 is 15.0 Å². The standard InChI is InChI=1S/C11H20N4O2S/c1-8(2)7-15(5-6-17-4)10(16)9-13-14-11(12-3)18-9/h8H,5-7H2,1-4H3,(H,12,14). The number of aromatic nitrogens is 2. The minimum absolute atomic E-state index is 0.0836. The Bertz CT molecular complexity index is 381. The smallest absolute Gasteiger partial charge is 0.284 e. The van der Waals surface area contributed by atoms with E-state index < -0.39 is 0 Å². The van der Waals surface area contributed by atoms with Gasteiger partial charge in [0.25, 0.3) is 5.91 Å². The molecule has 0 spiro atoms. The van der Waals surface area contributed by atoms with E-state index in [1.54, 1.807) is 19.1 Å². The molecule has 0 aliphatic heterocycles. The van der Waals surface area contributed by atoms with Gasteiger partial charge in [-0.2, -0.15) is 0 Å². The molecule has 0 radical (unpaired) electrons. The number of nitrogens with zero attached hydrogens (tertiary/aromatic N) is 3. The van der Waals surface area contributed by atoms with E-state index in [2.05, 4.69) is 29.4 Å². The Kier molecular flexibility index (Phi) is 6.00. The van der Waals surface area contributed by atoms with Gasteiger partial charge in [0.05, 0.1) is 6.61 Å². The maximum Gasteiger partial charge on any atom is 0.284 e. The van der Waals surface area contributed by atoms with Crippen molar-refractivity contribution in [3.8, 4) is 0 Å². The van der Waals surface area contributed by atoms with Crippen LogP contribution in [0.1, 0.15) is 23.6 Å². The van der Waals surface area contributed by atoms with E-state index in [1.807, 2.05) is 0 Å². The van der Waals surface area contributed by atoms with Crippen molar-refractivity contribution in [3.63, 3.8) is 0 Å². The fraction of sp³-hybridized carbons (Fsp3) is 0.727. The van der Waals surface area contributed by atoms with Crippen molar-refractivity contribution < 1.29 is 9.53 Å². The molecule has 0 aromatic carbocycles. The van der Waals surface area contributed by atoms with E-state index in [0.29, 0.717) is 35.8 Å². The Hall–Kier alpha value is -1.21. The van der Waals surface area contributed by atoms with Crippen molar-refractivity contribution >= 4 is 22.4 Å². The SMILES string of the molecule is CNc1nnc(C(=O)N(CCOC)CC(C)C)s1. The fourth-order valence-corrected chi connectivity index (χ4v) is 2.13. The predicted octanol–water partition coefficient (Wildman–Crippen LogP) is 1.32. The van der Waals surface area contributed by atoms with Gasteiger partial charge in [0.15, 0.2) is 0 Å². The molecular weight excluding hydrogens is 252 g/mol. The lowest BCUT2D eigenvalue weighted by atomic mass is 10.2. The van der Waals surface area contributed by atoms with Gasteiger partial charge in [-0.05, 0) is 5.92 Å². The summed E-state index contributed by atoms with van der Waals surface area (Å²) in [7, 11) is 3.38. The van der Waals surface area contributed by atoms with Gasteiger partial charge in [0, 0.05) is 27.2 Å². The lowest BCUT2D eigenvalue weighted by molar-refractivity contribution is 0.0671. The number of ether oxygens (including phenoxy) is 1. The lowest BCUT2D eigenvalue weighted by Crippen LogP contribution is -2.36. The topological polar surface area (TPSA) is 67.4 Å². The normalized spacial score (nSPS) is 10.7. The van der Waals surface area contributed by atoms with Crippen molar-refractivity contribution in [2.45, 2.75) is 13.8 Å². The average Bonchev–Trinajstić information content (AvgIpc) is 2.81. The Morgan fingerprint density at radius 1 is 1.50 bits per heavy atom. The van der Waals surface area contributed by atoms with Gasteiger partial charge in [0.2, 0.25) is 10.1 Å². The molecule has 7 heteroatoms. The quantitative estimate of drug-likeness (QED) is 0.811. The van der Waals surface area contributed by atoms with E-state index in [4.69, 9.17) is 4.74 Å². The molecule has 102 valence electrons. The van der Waals surface area contributed by atoms with E-state index in [9.17, 15) is 4.79 Å². The summed E-state index contributed by atoms with van der Waals surface area (Å²) in [6, 6.07) is 0. The first-order valence-electron chi connectivity index (χ1n) is 5.88. The maximum atomic E-state index is 12.3. The number of hydrogen-bond acceptors (Lipinski definition) is 6. The van der Waals surface area contributed by atoms with Crippen molar-refractivity contribution in [2.24, 2.45) is 5.92 Å². The highest BCUT2D eigenvalue weighted by Gasteiger charge is 2.20. The molecule has 0 aliphatic rings. The van der Waals surface area contributed by atoms with Crippen molar-refractivity contribution in [3.05, 3.63) is 5.01 Å². The number of nitrogens with one attached hydrogen (secondary N) is 1. The molecule has 18 heavy (non-hydrogen) atoms. The number of hydrogen-bond donors (Lipinski definition) is 1. The summed E-state index contributed by atoms with van der Waals surface area (Å²) in [4.78, 5) is 14.0. The van der Waals surface area contributed by atoms with Crippen molar-refractivity contribution in [2.75, 3.05) is 39.2 Å². The average molecular weight is 272 g/mol. The number of carbonyl (C=O) groups is 1. The van der Waals surface area contributed by atoms with Crippen LogP contribution in [0.5, 0.6) is 0 Å². The number of anilines is 1. The van der Waals surface area contributed by atoms with Crippen LogP contribution in [0.4, 0.5) is 5.13 Å². The monoisotopic (exact) mass is 272 g/mol. The largest absolute Gasteiger partial charge is 0.383 e. The summed E-state index contributed by atoms with van der Waals surface area (Å²) in [5.41, 5.74) is 0. The predicted molar refractivity (Wildman–Crippen MR) is 72.1 cm³/mol. The van der Waals surface area contributed by atoms with Gasteiger partial charge in [0.1, 0.15) is 0 Å². The number of amides is 1. The van der Waals surface area contributed by atoms with Crippen LogP contribution in [0.15, 0.2) is 0 Å². The van der Waals surface area contributed by atoms with E-state index in [0.717, 1.165) is 0 Å². The summed E-state index contributed by atoms with van der Waals surface area (Å²) in [5, 5.41) is 11.7. The molecule has 6 nitrogen and oxygen atoms in total. The molecule has 1 amide bonds. The summed E-state index contributed by atoms with van der Waals surface area (Å²) >= 11 is 1.26. The number of carbonyl (C=O) groups excluding carboxylic acids is 1. The molecule has 0 atom stereocenters. The highest BCUT2D eigenvalue weighted by Crippen LogP contribution is 2.16. The second kappa shape index (κ2) is 7.27. The molecule has 0 unspecified atom stereocenters. The minimum Gasteiger partial charge on any atom is -0.383 e. The van der Waals surface area contributed by atoms with E-state index in [1.165, 1.54) is 11.3 Å². The van der Waals surface area contributed by atoms with Crippen LogP contribution in [0.3, 0.4) is 0 Å². The second-order valence-electron chi connectivity index (χ2n) is 4.30. The molecule has 0 fully saturated rings. The molecule has 0 saturated heterocycles. The molecule has 1 aromatic heterocycles. The summed E-state index contributed by atoms with van der Waals surface area (Å²) in [6.07, 6.45) is 0. The van der Waals surface area contributed by atoms with Crippen LogP contribution < -0.4 is 5.32 Å².